The summed E-state index contributed by atoms with van der Waals surface area (Å²) in [5.74, 6) is 0.851. The molecule has 0 unspecified atom stereocenters. The summed E-state index contributed by atoms with van der Waals surface area (Å²) in [5.41, 5.74) is 0.121. The summed E-state index contributed by atoms with van der Waals surface area (Å²) < 4.78 is 5.43. The van der Waals surface area contributed by atoms with Crippen LogP contribution in [0.15, 0.2) is 4.99 Å². The van der Waals surface area contributed by atoms with E-state index in [1.54, 1.807) is 0 Å². The first kappa shape index (κ1) is 17.5. The highest BCUT2D eigenvalue weighted by Gasteiger charge is 2.41. The zero-order chi connectivity index (χ0) is 16.1. The maximum Gasteiger partial charge on any atom is 0.191 e. The monoisotopic (exact) mass is 312 g/mol. The van der Waals surface area contributed by atoms with Crippen LogP contribution in [0, 0.1) is 5.41 Å². The second-order valence-electron chi connectivity index (χ2n) is 7.12. The van der Waals surface area contributed by atoms with Gasteiger partial charge >= 0.3 is 0 Å². The lowest BCUT2D eigenvalue weighted by Crippen LogP contribution is -2.52. The minimum absolute atomic E-state index is 0.0282. The topological polar surface area (TPSA) is 69.1 Å². The number of aliphatic imine (C=N–C) groups is 1. The lowest BCUT2D eigenvalue weighted by Gasteiger charge is -2.40. The molecule has 3 N–H and O–H groups in total. The molecule has 1 heterocycles. The third-order valence-corrected chi connectivity index (χ3v) is 4.76. The Morgan fingerprint density at radius 1 is 1.27 bits per heavy atom. The van der Waals surface area contributed by atoms with E-state index < -0.39 is 0 Å². The molecular formula is C16H32N4O2. The largest absolute Gasteiger partial charge is 0.396 e. The third kappa shape index (κ3) is 4.83. The fourth-order valence-electron chi connectivity index (χ4n) is 2.72. The Bertz CT molecular complexity index is 374. The summed E-state index contributed by atoms with van der Waals surface area (Å²) in [6.45, 7) is 12.8. The molecule has 0 aromatic heterocycles. The van der Waals surface area contributed by atoms with Crippen molar-refractivity contribution in [3.63, 3.8) is 0 Å². The number of guanidine groups is 1. The van der Waals surface area contributed by atoms with E-state index in [0.29, 0.717) is 0 Å². The fourth-order valence-corrected chi connectivity index (χ4v) is 2.72. The summed E-state index contributed by atoms with van der Waals surface area (Å²) >= 11 is 0. The molecule has 0 spiro atoms. The van der Waals surface area contributed by atoms with Gasteiger partial charge in [0, 0.05) is 37.1 Å². The molecule has 2 rings (SSSR count). The normalized spacial score (nSPS) is 22.5. The van der Waals surface area contributed by atoms with Crippen molar-refractivity contribution in [2.45, 2.75) is 39.2 Å². The zero-order valence-corrected chi connectivity index (χ0v) is 14.3. The van der Waals surface area contributed by atoms with Crippen LogP contribution in [0.2, 0.25) is 0 Å². The van der Waals surface area contributed by atoms with Crippen LogP contribution in [0.4, 0.5) is 0 Å². The highest BCUT2D eigenvalue weighted by atomic mass is 16.5. The predicted molar refractivity (Wildman–Crippen MR) is 89.2 cm³/mol. The van der Waals surface area contributed by atoms with E-state index in [4.69, 9.17) is 9.73 Å². The van der Waals surface area contributed by atoms with Crippen molar-refractivity contribution in [3.8, 4) is 0 Å². The van der Waals surface area contributed by atoms with Gasteiger partial charge in [-0.15, -0.1) is 0 Å². The lowest BCUT2D eigenvalue weighted by molar-refractivity contribution is -0.00684. The first-order chi connectivity index (χ1) is 10.5. The van der Waals surface area contributed by atoms with Crippen molar-refractivity contribution >= 4 is 5.96 Å². The second-order valence-corrected chi connectivity index (χ2v) is 7.12. The SMILES string of the molecule is CCNC(=NCC(C)(C)N1CCOCC1)NCC1(CO)CC1. The van der Waals surface area contributed by atoms with Crippen LogP contribution in [0.1, 0.15) is 33.6 Å². The van der Waals surface area contributed by atoms with E-state index in [2.05, 4.69) is 36.3 Å². The van der Waals surface area contributed by atoms with E-state index in [9.17, 15) is 5.11 Å². The van der Waals surface area contributed by atoms with Crippen LogP contribution in [-0.2, 0) is 4.74 Å². The van der Waals surface area contributed by atoms with Crippen LogP contribution in [0.3, 0.4) is 0 Å². The third-order valence-electron chi connectivity index (χ3n) is 4.76. The molecule has 1 aliphatic carbocycles. The number of nitrogens with one attached hydrogen (secondary N) is 2. The molecule has 0 bridgehead atoms. The average molecular weight is 312 g/mol. The number of hydrogen-bond acceptors (Lipinski definition) is 4. The molecule has 0 radical (unpaired) electrons. The van der Waals surface area contributed by atoms with Crippen LogP contribution >= 0.6 is 0 Å². The average Bonchev–Trinajstić information content (AvgIpc) is 3.32. The van der Waals surface area contributed by atoms with Crippen LogP contribution in [0.5, 0.6) is 0 Å². The van der Waals surface area contributed by atoms with E-state index in [1.165, 1.54) is 0 Å². The Balaban J connectivity index is 1.87. The molecular weight excluding hydrogens is 280 g/mol. The Kier molecular flexibility index (Phi) is 6.06. The quantitative estimate of drug-likeness (QED) is 0.470. The Hall–Kier alpha value is -0.850. The number of nitrogens with zero attached hydrogens (tertiary/aromatic N) is 2. The molecule has 0 aromatic rings. The molecule has 1 aliphatic heterocycles. The van der Waals surface area contributed by atoms with Crippen LogP contribution in [0.25, 0.3) is 0 Å². The number of hydrogen-bond donors (Lipinski definition) is 3. The maximum atomic E-state index is 9.41. The van der Waals surface area contributed by atoms with Gasteiger partial charge in [-0.05, 0) is 33.6 Å². The van der Waals surface area contributed by atoms with Crippen molar-refractivity contribution in [2.24, 2.45) is 10.4 Å². The molecule has 0 aromatic carbocycles. The van der Waals surface area contributed by atoms with E-state index in [-0.39, 0.29) is 17.6 Å². The van der Waals surface area contributed by atoms with Gasteiger partial charge in [0.2, 0.25) is 0 Å². The van der Waals surface area contributed by atoms with Crippen molar-refractivity contribution in [3.05, 3.63) is 0 Å². The highest BCUT2D eigenvalue weighted by Crippen LogP contribution is 2.44. The van der Waals surface area contributed by atoms with Gasteiger partial charge in [0.05, 0.1) is 26.4 Å². The molecule has 1 saturated heterocycles. The zero-order valence-electron chi connectivity index (χ0n) is 14.3. The fraction of sp³-hybridized carbons (Fsp3) is 0.938. The van der Waals surface area contributed by atoms with Gasteiger partial charge in [-0.1, -0.05) is 0 Å². The molecule has 0 amide bonds. The molecule has 22 heavy (non-hydrogen) atoms. The first-order valence-electron chi connectivity index (χ1n) is 8.47. The van der Waals surface area contributed by atoms with Gasteiger partial charge in [0.1, 0.15) is 0 Å². The van der Waals surface area contributed by atoms with Crippen molar-refractivity contribution < 1.29 is 9.84 Å². The van der Waals surface area contributed by atoms with Gasteiger partial charge in [0.25, 0.3) is 0 Å². The number of ether oxygens (including phenoxy) is 1. The molecule has 6 nitrogen and oxygen atoms in total. The molecule has 1 saturated carbocycles. The standard InChI is InChI=1S/C16H32N4O2/c1-4-17-14(19-12-16(13-21)5-6-16)18-11-15(2,3)20-7-9-22-10-8-20/h21H,4-13H2,1-3H3,(H2,17,18,19). The lowest BCUT2D eigenvalue weighted by atomic mass is 10.0. The number of aliphatic hydroxyl groups excluding tert-OH is 1. The van der Waals surface area contributed by atoms with Gasteiger partial charge in [-0.2, -0.15) is 0 Å². The van der Waals surface area contributed by atoms with Crippen molar-refractivity contribution in [1.82, 2.24) is 15.5 Å². The molecule has 0 atom stereocenters. The summed E-state index contributed by atoms with van der Waals surface area (Å²) in [6, 6.07) is 0. The highest BCUT2D eigenvalue weighted by molar-refractivity contribution is 5.79. The molecule has 2 fully saturated rings. The Morgan fingerprint density at radius 2 is 1.95 bits per heavy atom. The van der Waals surface area contributed by atoms with Gasteiger partial charge in [0.15, 0.2) is 5.96 Å². The summed E-state index contributed by atoms with van der Waals surface area (Å²) in [7, 11) is 0. The van der Waals surface area contributed by atoms with E-state index >= 15 is 0 Å². The van der Waals surface area contributed by atoms with E-state index in [1.807, 2.05) is 0 Å². The maximum absolute atomic E-state index is 9.41. The van der Waals surface area contributed by atoms with Crippen LogP contribution < -0.4 is 10.6 Å². The molecule has 128 valence electrons. The number of rotatable bonds is 7. The van der Waals surface area contributed by atoms with Gasteiger partial charge in [-0.3, -0.25) is 9.89 Å². The first-order valence-corrected chi connectivity index (χ1v) is 8.47. The van der Waals surface area contributed by atoms with E-state index in [0.717, 1.165) is 64.7 Å². The summed E-state index contributed by atoms with van der Waals surface area (Å²) in [4.78, 5) is 7.20. The molecule has 2 aliphatic rings. The molecule has 6 heteroatoms. The Labute approximate surface area is 134 Å². The second kappa shape index (κ2) is 7.62. The number of morpholine rings is 1. The van der Waals surface area contributed by atoms with Crippen LogP contribution in [-0.4, -0.2) is 74.0 Å². The minimum atomic E-state index is 0.0282. The Morgan fingerprint density at radius 3 is 2.50 bits per heavy atom. The summed E-state index contributed by atoms with van der Waals surface area (Å²) in [6.07, 6.45) is 2.21. The predicted octanol–water partition coefficient (Wildman–Crippen LogP) is 0.425. The number of aliphatic hydroxyl groups is 1. The smallest absolute Gasteiger partial charge is 0.191 e. The summed E-state index contributed by atoms with van der Waals surface area (Å²) in [5, 5.41) is 16.1. The van der Waals surface area contributed by atoms with Gasteiger partial charge in [-0.25, -0.2) is 0 Å². The van der Waals surface area contributed by atoms with Crippen molar-refractivity contribution in [2.75, 3.05) is 52.5 Å². The van der Waals surface area contributed by atoms with Gasteiger partial charge < -0.3 is 20.5 Å². The minimum Gasteiger partial charge on any atom is -0.396 e. The van der Waals surface area contributed by atoms with Crippen molar-refractivity contribution in [1.29, 1.82) is 0 Å².